The predicted octanol–water partition coefficient (Wildman–Crippen LogP) is -0.620. The molecule has 3 heterocycles. The fourth-order valence-electron chi connectivity index (χ4n) is 2.28. The van der Waals surface area contributed by atoms with Gasteiger partial charge in [-0.2, -0.15) is 0 Å². The molecule has 0 saturated carbocycles. The summed E-state index contributed by atoms with van der Waals surface area (Å²) in [4.78, 5) is 30.5. The molecule has 2 unspecified atom stereocenters. The van der Waals surface area contributed by atoms with Crippen molar-refractivity contribution in [3.8, 4) is 0 Å². The lowest BCUT2D eigenvalue weighted by Gasteiger charge is -2.21. The molecule has 0 bridgehead atoms. The van der Waals surface area contributed by atoms with Gasteiger partial charge in [-0.25, -0.2) is 0 Å². The molecule has 1 N–H and O–H groups in total. The van der Waals surface area contributed by atoms with Crippen LogP contribution in [0.5, 0.6) is 0 Å². The van der Waals surface area contributed by atoms with E-state index in [0.717, 1.165) is 39.3 Å². The summed E-state index contributed by atoms with van der Waals surface area (Å²) in [5.74, 6) is -0.201. The van der Waals surface area contributed by atoms with E-state index in [1.54, 1.807) is 6.92 Å². The van der Waals surface area contributed by atoms with Crippen molar-refractivity contribution in [3.63, 3.8) is 0 Å². The zero-order chi connectivity index (χ0) is 15.1. The molecule has 0 aromatic heterocycles. The van der Waals surface area contributed by atoms with E-state index in [2.05, 4.69) is 9.24 Å². The number of allylic oxidation sites excluding steroid dienone is 1. The lowest BCUT2D eigenvalue weighted by molar-refractivity contribution is -0.117. The van der Waals surface area contributed by atoms with Crippen molar-refractivity contribution in [2.75, 3.05) is 39.3 Å². The molecule has 6 nitrogen and oxygen atoms in total. The third-order valence-electron chi connectivity index (χ3n) is 3.49. The van der Waals surface area contributed by atoms with Crippen LogP contribution in [-0.4, -0.2) is 76.5 Å². The highest BCUT2D eigenvalue weighted by Gasteiger charge is 2.43. The first kappa shape index (κ1) is 14.5. The lowest BCUT2D eigenvalue weighted by atomic mass is 10.0. The van der Waals surface area contributed by atoms with E-state index in [9.17, 15) is 9.59 Å². The molecule has 0 aromatic rings. The fourth-order valence-corrected chi connectivity index (χ4v) is 2.28. The van der Waals surface area contributed by atoms with Gasteiger partial charge in [0.25, 0.3) is 0 Å². The van der Waals surface area contributed by atoms with E-state index in [-0.39, 0.29) is 17.4 Å². The molecule has 21 heavy (non-hydrogen) atoms. The minimum atomic E-state index is -0.250. The van der Waals surface area contributed by atoms with E-state index < -0.39 is 0 Å². The number of carbonyl (C=O) groups is 2. The van der Waals surface area contributed by atoms with Gasteiger partial charge in [0.2, 0.25) is 11.6 Å². The number of aliphatic hydroxyl groups excluding tert-OH is 1. The van der Waals surface area contributed by atoms with E-state index >= 15 is 0 Å². The Kier molecular flexibility index (Phi) is 3.76. The molecule has 0 amide bonds. The number of hydrogen-bond donors (Lipinski definition) is 1. The maximum atomic E-state index is 12.4. The van der Waals surface area contributed by atoms with Gasteiger partial charge in [0.15, 0.2) is 0 Å². The van der Waals surface area contributed by atoms with Crippen LogP contribution in [-0.2, 0) is 9.59 Å². The van der Waals surface area contributed by atoms with Crippen molar-refractivity contribution in [2.45, 2.75) is 12.8 Å². The van der Waals surface area contributed by atoms with E-state index in [0.29, 0.717) is 17.1 Å². The van der Waals surface area contributed by atoms with Crippen molar-refractivity contribution in [3.05, 3.63) is 23.2 Å². The number of aliphatic hydroxyl groups is 1. The Bertz CT molecular complexity index is 541. The number of carbonyl (C=O) groups excluding carboxylic acids is 2. The first-order valence-corrected chi connectivity index (χ1v) is 7.89. The summed E-state index contributed by atoms with van der Waals surface area (Å²) in [7, 11) is 2.21. The van der Waals surface area contributed by atoms with Crippen molar-refractivity contribution < 1.29 is 14.7 Å². The monoisotopic (exact) mass is 309 g/mol. The van der Waals surface area contributed by atoms with Gasteiger partial charge in [0.1, 0.15) is 11.4 Å². The van der Waals surface area contributed by atoms with Gasteiger partial charge in [-0.3, -0.25) is 9.59 Å². The van der Waals surface area contributed by atoms with Gasteiger partial charge < -0.3 is 19.8 Å². The van der Waals surface area contributed by atoms with Gasteiger partial charge >= 0.3 is 0 Å². The average Bonchev–Trinajstić information content (AvgIpc) is 3.26. The van der Waals surface area contributed by atoms with Crippen LogP contribution in [0.2, 0.25) is 0 Å². The molecule has 3 fully saturated rings. The van der Waals surface area contributed by atoms with Crippen LogP contribution in [0.1, 0.15) is 6.92 Å². The number of ketones is 2. The van der Waals surface area contributed by atoms with Gasteiger partial charge in [0, 0.05) is 45.3 Å². The zero-order valence-electron chi connectivity index (χ0n) is 12.1. The molecule has 3 saturated heterocycles. The smallest absolute Gasteiger partial charge is 0.227 e. The summed E-state index contributed by atoms with van der Waals surface area (Å²) in [6.45, 7) is 7.09. The summed E-state index contributed by atoms with van der Waals surface area (Å²) in [5.41, 5.74) is 1.89. The third-order valence-corrected chi connectivity index (χ3v) is 3.49. The van der Waals surface area contributed by atoms with Gasteiger partial charge in [-0.15, -0.1) is 9.24 Å². The highest BCUT2D eigenvalue weighted by Crippen LogP contribution is 2.33. The average molecular weight is 309 g/mol. The molecule has 114 valence electrons. The summed E-state index contributed by atoms with van der Waals surface area (Å²) >= 11 is 0. The van der Waals surface area contributed by atoms with Crippen LogP contribution >= 0.6 is 9.24 Å². The van der Waals surface area contributed by atoms with E-state index in [4.69, 9.17) is 5.11 Å². The predicted molar refractivity (Wildman–Crippen MR) is 81.2 cm³/mol. The van der Waals surface area contributed by atoms with Crippen molar-refractivity contribution in [2.24, 2.45) is 0 Å². The first-order valence-electron chi connectivity index (χ1n) is 7.22. The van der Waals surface area contributed by atoms with E-state index in [1.165, 1.54) is 6.08 Å². The zero-order valence-corrected chi connectivity index (χ0v) is 13.2. The Morgan fingerprint density at radius 1 is 1.00 bits per heavy atom. The summed E-state index contributed by atoms with van der Waals surface area (Å²) < 4.78 is 0. The molecular weight excluding hydrogens is 289 g/mol. The second-order valence-electron chi connectivity index (χ2n) is 5.62. The Hall–Kier alpha value is -1.39. The van der Waals surface area contributed by atoms with Crippen LogP contribution in [0.4, 0.5) is 0 Å². The van der Waals surface area contributed by atoms with Crippen molar-refractivity contribution in [1.29, 1.82) is 0 Å². The Morgan fingerprint density at radius 2 is 1.43 bits per heavy atom. The largest absolute Gasteiger partial charge is 0.389 e. The van der Waals surface area contributed by atoms with Crippen LogP contribution in [0, 0.1) is 0 Å². The first-order chi connectivity index (χ1) is 9.99. The SMILES string of the molecule is CC(O)P.O=C1C=C(N2CC2)C(=O)C(N2CC2)=C1N1CC1. The van der Waals surface area contributed by atoms with E-state index in [1.807, 2.05) is 14.7 Å². The molecule has 7 heteroatoms. The molecule has 0 aromatic carbocycles. The molecule has 2 atom stereocenters. The topological polar surface area (TPSA) is 63.4 Å². The highest BCUT2D eigenvalue weighted by molar-refractivity contribution is 7.17. The second-order valence-corrected chi connectivity index (χ2v) is 6.59. The maximum Gasteiger partial charge on any atom is 0.227 e. The van der Waals surface area contributed by atoms with Gasteiger partial charge in [0.05, 0.1) is 11.5 Å². The second kappa shape index (κ2) is 5.43. The number of nitrogens with zero attached hydrogens (tertiary/aromatic N) is 3. The third kappa shape index (κ3) is 3.27. The van der Waals surface area contributed by atoms with Crippen molar-refractivity contribution in [1.82, 2.24) is 14.7 Å². The molecular formula is C14H20N3O3P. The normalized spacial score (nSPS) is 24.5. The minimum Gasteiger partial charge on any atom is -0.389 e. The van der Waals surface area contributed by atoms with Crippen LogP contribution < -0.4 is 0 Å². The lowest BCUT2D eigenvalue weighted by Crippen LogP contribution is -2.29. The molecule has 3 aliphatic heterocycles. The van der Waals surface area contributed by atoms with Crippen LogP contribution in [0.15, 0.2) is 23.2 Å². The number of Topliss-reactive ketones (excluding diaryl/α,β-unsaturated/α-hetero) is 1. The quantitative estimate of drug-likeness (QED) is 0.426. The van der Waals surface area contributed by atoms with Crippen molar-refractivity contribution >= 4 is 20.8 Å². The number of hydrogen-bond acceptors (Lipinski definition) is 6. The Balaban J connectivity index is 0.000000298. The number of rotatable bonds is 3. The Morgan fingerprint density at radius 3 is 1.86 bits per heavy atom. The molecule has 1 aliphatic carbocycles. The molecule has 0 spiro atoms. The summed E-state index contributed by atoms with van der Waals surface area (Å²) in [6.07, 6.45) is 1.52. The highest BCUT2D eigenvalue weighted by atomic mass is 31.0. The van der Waals surface area contributed by atoms with Crippen LogP contribution in [0.25, 0.3) is 0 Å². The molecule has 4 aliphatic rings. The molecule has 4 rings (SSSR count). The van der Waals surface area contributed by atoms with Gasteiger partial charge in [-0.05, 0) is 6.92 Å². The minimum absolute atomic E-state index is 0.00546. The fraction of sp³-hybridized carbons (Fsp3) is 0.571. The van der Waals surface area contributed by atoms with Gasteiger partial charge in [-0.1, -0.05) is 0 Å². The maximum absolute atomic E-state index is 12.4. The summed E-state index contributed by atoms with van der Waals surface area (Å²) in [5, 5.41) is 8.02. The molecule has 0 radical (unpaired) electrons. The summed E-state index contributed by atoms with van der Waals surface area (Å²) in [6, 6.07) is 0. The standard InChI is InChI=1S/C12H13N3O2.C2H7OP/c16-9-7-8(13-1-2-13)12(17)11(15-5-6-15)10(9)14-3-4-14;1-2(3)4/h7H,1-6H2;2-3H,4H2,1H3. The van der Waals surface area contributed by atoms with Crippen LogP contribution in [0.3, 0.4) is 0 Å². The Labute approximate surface area is 126 Å².